The predicted octanol–water partition coefficient (Wildman–Crippen LogP) is 2.13. The second-order valence-corrected chi connectivity index (χ2v) is 5.47. The first-order valence-corrected chi connectivity index (χ1v) is 8.88. The average molecular weight is 418 g/mol. The van der Waals surface area contributed by atoms with Crippen LogP contribution in [0.15, 0.2) is 0 Å². The van der Waals surface area contributed by atoms with E-state index in [1.54, 1.807) is 0 Å². The minimum absolute atomic E-state index is 0.282. The summed E-state index contributed by atoms with van der Waals surface area (Å²) in [7, 11) is 0. The maximum absolute atomic E-state index is 10.1. The fourth-order valence-electron chi connectivity index (χ4n) is 1.47. The van der Waals surface area contributed by atoms with E-state index >= 15 is 0 Å². The van der Waals surface area contributed by atoms with Crippen LogP contribution >= 0.6 is 22.6 Å². The predicted molar refractivity (Wildman–Crippen MR) is 88.3 cm³/mol. The SMILES string of the molecule is O=C(O)COCCOCCOCCOCCCCCCI. The zero-order chi connectivity index (χ0) is 15.6. The van der Waals surface area contributed by atoms with Gasteiger partial charge in [-0.05, 0) is 17.3 Å². The number of carboxylic acids is 1. The van der Waals surface area contributed by atoms with E-state index in [1.807, 2.05) is 0 Å². The largest absolute Gasteiger partial charge is 0.480 e. The van der Waals surface area contributed by atoms with Gasteiger partial charge in [-0.25, -0.2) is 4.79 Å². The van der Waals surface area contributed by atoms with E-state index in [0.717, 1.165) is 13.0 Å². The van der Waals surface area contributed by atoms with E-state index in [1.165, 1.54) is 23.7 Å². The molecule has 0 aliphatic carbocycles. The van der Waals surface area contributed by atoms with Gasteiger partial charge in [-0.1, -0.05) is 35.4 Å². The van der Waals surface area contributed by atoms with Crippen LogP contribution < -0.4 is 0 Å². The lowest BCUT2D eigenvalue weighted by Crippen LogP contribution is -2.14. The van der Waals surface area contributed by atoms with Crippen LogP contribution in [0.25, 0.3) is 0 Å². The summed E-state index contributed by atoms with van der Waals surface area (Å²) in [5.74, 6) is -0.969. The summed E-state index contributed by atoms with van der Waals surface area (Å²) in [5.41, 5.74) is 0. The van der Waals surface area contributed by atoms with E-state index in [4.69, 9.17) is 24.1 Å². The number of carboxylic acid groups (broad SMARTS) is 1. The molecule has 0 aliphatic rings. The van der Waals surface area contributed by atoms with E-state index < -0.39 is 5.97 Å². The highest BCUT2D eigenvalue weighted by Gasteiger charge is 1.96. The highest BCUT2D eigenvalue weighted by atomic mass is 127. The molecule has 0 aromatic rings. The Hall–Kier alpha value is 0.0400. The van der Waals surface area contributed by atoms with E-state index in [0.29, 0.717) is 33.0 Å². The number of aliphatic carboxylic acids is 1. The molecule has 126 valence electrons. The molecule has 0 unspecified atom stereocenters. The van der Waals surface area contributed by atoms with Crippen molar-refractivity contribution in [3.05, 3.63) is 0 Å². The van der Waals surface area contributed by atoms with E-state index in [2.05, 4.69) is 22.6 Å². The van der Waals surface area contributed by atoms with Crippen LogP contribution in [0.4, 0.5) is 0 Å². The summed E-state index contributed by atoms with van der Waals surface area (Å²) in [6.45, 7) is 3.37. The first kappa shape index (κ1) is 21.0. The van der Waals surface area contributed by atoms with Crippen molar-refractivity contribution >= 4 is 28.6 Å². The highest BCUT2D eigenvalue weighted by Crippen LogP contribution is 2.02. The summed E-state index contributed by atoms with van der Waals surface area (Å²) in [4.78, 5) is 10.1. The zero-order valence-electron chi connectivity index (χ0n) is 12.6. The second kappa shape index (κ2) is 18.1. The third-order valence-electron chi connectivity index (χ3n) is 2.51. The molecule has 0 bridgehead atoms. The molecule has 21 heavy (non-hydrogen) atoms. The molecule has 0 saturated carbocycles. The number of unbranched alkanes of at least 4 members (excludes halogenated alkanes) is 3. The molecule has 0 saturated heterocycles. The minimum Gasteiger partial charge on any atom is -0.480 e. The Morgan fingerprint density at radius 1 is 0.714 bits per heavy atom. The van der Waals surface area contributed by atoms with Crippen molar-refractivity contribution in [3.8, 4) is 0 Å². The zero-order valence-corrected chi connectivity index (χ0v) is 14.7. The first-order chi connectivity index (χ1) is 10.3. The van der Waals surface area contributed by atoms with Crippen molar-refractivity contribution < 1.29 is 28.8 Å². The van der Waals surface area contributed by atoms with Crippen LogP contribution in [0, 0.1) is 0 Å². The molecule has 6 nitrogen and oxygen atoms in total. The average Bonchev–Trinajstić information content (AvgIpc) is 2.46. The fraction of sp³-hybridized carbons (Fsp3) is 0.929. The molecule has 0 radical (unpaired) electrons. The Labute approximate surface area is 140 Å². The van der Waals surface area contributed by atoms with Crippen LogP contribution in [0.3, 0.4) is 0 Å². The standard InChI is InChI=1S/C14H27IO6/c15-5-3-1-2-4-6-18-7-8-19-9-10-20-11-12-21-13-14(16)17/h1-13H2,(H,16,17). The topological polar surface area (TPSA) is 74.2 Å². The number of carbonyl (C=O) groups is 1. The normalized spacial score (nSPS) is 10.9. The maximum atomic E-state index is 10.1. The van der Waals surface area contributed by atoms with Gasteiger partial charge in [-0.3, -0.25) is 0 Å². The smallest absolute Gasteiger partial charge is 0.329 e. The molecule has 0 aromatic heterocycles. The molecule has 0 spiro atoms. The van der Waals surface area contributed by atoms with Crippen molar-refractivity contribution in [1.29, 1.82) is 0 Å². The van der Waals surface area contributed by atoms with Gasteiger partial charge in [-0.15, -0.1) is 0 Å². The molecule has 7 heteroatoms. The van der Waals surface area contributed by atoms with Crippen molar-refractivity contribution in [1.82, 2.24) is 0 Å². The molecule has 0 heterocycles. The van der Waals surface area contributed by atoms with Gasteiger partial charge < -0.3 is 24.1 Å². The molecule has 0 fully saturated rings. The lowest BCUT2D eigenvalue weighted by Gasteiger charge is -2.07. The van der Waals surface area contributed by atoms with Gasteiger partial charge in [-0.2, -0.15) is 0 Å². The van der Waals surface area contributed by atoms with Crippen molar-refractivity contribution in [2.24, 2.45) is 0 Å². The number of halogens is 1. The van der Waals surface area contributed by atoms with Crippen LogP contribution in [-0.4, -0.2) is 68.4 Å². The Kier molecular flexibility index (Phi) is 18.1. The first-order valence-electron chi connectivity index (χ1n) is 7.36. The summed E-state index contributed by atoms with van der Waals surface area (Å²) in [5, 5.41) is 8.33. The summed E-state index contributed by atoms with van der Waals surface area (Å²) >= 11 is 2.40. The molecule has 0 aliphatic heterocycles. The third-order valence-corrected chi connectivity index (χ3v) is 3.28. The van der Waals surface area contributed by atoms with Crippen molar-refractivity contribution in [3.63, 3.8) is 0 Å². The molecular weight excluding hydrogens is 391 g/mol. The van der Waals surface area contributed by atoms with E-state index in [-0.39, 0.29) is 13.2 Å². The van der Waals surface area contributed by atoms with Crippen molar-refractivity contribution in [2.45, 2.75) is 25.7 Å². The van der Waals surface area contributed by atoms with Crippen LogP contribution in [0.2, 0.25) is 0 Å². The number of rotatable bonds is 17. The highest BCUT2D eigenvalue weighted by molar-refractivity contribution is 14.1. The van der Waals surface area contributed by atoms with Gasteiger partial charge >= 0.3 is 5.97 Å². The second-order valence-electron chi connectivity index (χ2n) is 4.39. The Balaban J connectivity index is 2.95. The molecular formula is C14H27IO6. The van der Waals surface area contributed by atoms with Crippen LogP contribution in [0.1, 0.15) is 25.7 Å². The number of hydrogen-bond acceptors (Lipinski definition) is 5. The van der Waals surface area contributed by atoms with Gasteiger partial charge in [0.1, 0.15) is 6.61 Å². The summed E-state index contributed by atoms with van der Waals surface area (Å²) < 4.78 is 22.1. The van der Waals surface area contributed by atoms with Gasteiger partial charge in [0.05, 0.1) is 39.6 Å². The Morgan fingerprint density at radius 3 is 1.71 bits per heavy atom. The number of ether oxygens (including phenoxy) is 4. The van der Waals surface area contributed by atoms with Gasteiger partial charge in [0.2, 0.25) is 0 Å². The quantitative estimate of drug-likeness (QED) is 0.222. The van der Waals surface area contributed by atoms with Crippen molar-refractivity contribution in [2.75, 3.05) is 57.3 Å². The fourth-order valence-corrected chi connectivity index (χ4v) is 2.01. The molecule has 0 rings (SSSR count). The Morgan fingerprint density at radius 2 is 1.19 bits per heavy atom. The lowest BCUT2D eigenvalue weighted by molar-refractivity contribution is -0.142. The Bertz CT molecular complexity index is 228. The lowest BCUT2D eigenvalue weighted by atomic mass is 10.2. The monoisotopic (exact) mass is 418 g/mol. The summed E-state index contributed by atoms with van der Waals surface area (Å²) in [6, 6.07) is 0. The van der Waals surface area contributed by atoms with E-state index in [9.17, 15) is 4.79 Å². The van der Waals surface area contributed by atoms with Gasteiger partial charge in [0.25, 0.3) is 0 Å². The third kappa shape index (κ3) is 20.0. The maximum Gasteiger partial charge on any atom is 0.329 e. The van der Waals surface area contributed by atoms with Gasteiger partial charge in [0, 0.05) is 6.61 Å². The van der Waals surface area contributed by atoms with Crippen LogP contribution in [0.5, 0.6) is 0 Å². The molecule has 1 N–H and O–H groups in total. The minimum atomic E-state index is -0.969. The number of alkyl halides is 1. The molecule has 0 aromatic carbocycles. The summed E-state index contributed by atoms with van der Waals surface area (Å²) in [6.07, 6.45) is 4.94. The van der Waals surface area contributed by atoms with Crippen LogP contribution in [-0.2, 0) is 23.7 Å². The molecule has 0 atom stereocenters. The number of hydrogen-bond donors (Lipinski definition) is 1. The van der Waals surface area contributed by atoms with Gasteiger partial charge in [0.15, 0.2) is 0 Å². The molecule has 0 amide bonds.